The van der Waals surface area contributed by atoms with E-state index in [1.165, 1.54) is 7.05 Å². The Hall–Kier alpha value is -1.94. The second-order valence-electron chi connectivity index (χ2n) is 4.78. The van der Waals surface area contributed by atoms with Crippen molar-refractivity contribution >= 4 is 21.4 Å². The van der Waals surface area contributed by atoms with Crippen LogP contribution in [0, 0.1) is 0 Å². The quantitative estimate of drug-likeness (QED) is 0.809. The molecule has 0 fully saturated rings. The summed E-state index contributed by atoms with van der Waals surface area (Å²) in [6, 6.07) is 2.84. The van der Waals surface area contributed by atoms with Crippen molar-refractivity contribution < 1.29 is 31.1 Å². The normalized spacial score (nSPS) is 12.3. The number of halogens is 4. The Labute approximate surface area is 140 Å². The van der Waals surface area contributed by atoms with E-state index in [-0.39, 0.29) is 21.7 Å². The molecule has 1 heterocycles. The maximum Gasteiger partial charge on any atom is 0.419 e. The maximum absolute atomic E-state index is 12.8. The number of hydrogen-bond donors (Lipinski definition) is 0. The molecule has 1 aromatic carbocycles. The van der Waals surface area contributed by atoms with Crippen molar-refractivity contribution in [2.75, 3.05) is 13.4 Å². The van der Waals surface area contributed by atoms with Gasteiger partial charge in [-0.15, -0.1) is 5.10 Å². The maximum atomic E-state index is 12.8. The third-order valence-electron chi connectivity index (χ3n) is 2.95. The van der Waals surface area contributed by atoms with Gasteiger partial charge in [0.25, 0.3) is 5.88 Å². The number of methoxy groups -OCH3 is 1. The van der Waals surface area contributed by atoms with Gasteiger partial charge >= 0.3 is 6.18 Å². The van der Waals surface area contributed by atoms with Gasteiger partial charge in [0.15, 0.2) is 14.9 Å². The lowest BCUT2D eigenvalue weighted by Gasteiger charge is -2.13. The van der Waals surface area contributed by atoms with Crippen LogP contribution in [0.3, 0.4) is 0 Å². The van der Waals surface area contributed by atoms with Gasteiger partial charge in [0.2, 0.25) is 0 Å². The Balaban J connectivity index is 2.43. The van der Waals surface area contributed by atoms with Crippen molar-refractivity contribution in [1.82, 2.24) is 9.78 Å². The van der Waals surface area contributed by atoms with Crippen LogP contribution in [0.25, 0.3) is 0 Å². The van der Waals surface area contributed by atoms with E-state index in [1.54, 1.807) is 0 Å². The van der Waals surface area contributed by atoms with Crippen molar-refractivity contribution in [2.45, 2.75) is 11.2 Å². The highest BCUT2D eigenvalue weighted by Crippen LogP contribution is 2.40. The number of aryl methyl sites for hydroxylation is 1. The Morgan fingerprint density at radius 3 is 2.38 bits per heavy atom. The molecule has 0 radical (unpaired) electrons. The molecular formula is C13H12ClF3N2O4S. The summed E-state index contributed by atoms with van der Waals surface area (Å²) in [6.45, 7) is 0. The smallest absolute Gasteiger partial charge is 0.419 e. The molecule has 0 saturated carbocycles. The van der Waals surface area contributed by atoms with E-state index in [2.05, 4.69) is 5.10 Å². The number of rotatable bonds is 4. The number of aromatic nitrogens is 2. The van der Waals surface area contributed by atoms with E-state index in [4.69, 9.17) is 21.1 Å². The first-order valence-electron chi connectivity index (χ1n) is 6.30. The number of sulfone groups is 1. The van der Waals surface area contributed by atoms with E-state index in [1.807, 2.05) is 0 Å². The summed E-state index contributed by atoms with van der Waals surface area (Å²) in [5, 5.41) is 3.29. The summed E-state index contributed by atoms with van der Waals surface area (Å²) in [4.78, 5) is 0. The fraction of sp³-hybridized carbons (Fsp3) is 0.308. The van der Waals surface area contributed by atoms with Crippen molar-refractivity contribution in [3.05, 3.63) is 28.8 Å². The van der Waals surface area contributed by atoms with Gasteiger partial charge in [0.05, 0.1) is 12.7 Å². The molecule has 0 saturated heterocycles. The second kappa shape index (κ2) is 6.17. The lowest BCUT2D eigenvalue weighted by molar-refractivity contribution is -0.138. The van der Waals surface area contributed by atoms with Crippen LogP contribution in [0.4, 0.5) is 13.2 Å². The first kappa shape index (κ1) is 18.4. The number of nitrogens with zero attached hydrogens (tertiary/aromatic N) is 2. The molecule has 0 aliphatic carbocycles. The van der Waals surface area contributed by atoms with Gasteiger partial charge in [0.1, 0.15) is 16.5 Å². The van der Waals surface area contributed by atoms with E-state index in [9.17, 15) is 21.6 Å². The van der Waals surface area contributed by atoms with Crippen LogP contribution >= 0.6 is 11.6 Å². The highest BCUT2D eigenvalue weighted by molar-refractivity contribution is 7.90. The van der Waals surface area contributed by atoms with Crippen molar-refractivity contribution in [3.63, 3.8) is 0 Å². The fourth-order valence-electron chi connectivity index (χ4n) is 2.01. The zero-order valence-electron chi connectivity index (χ0n) is 12.7. The van der Waals surface area contributed by atoms with Crippen LogP contribution in [0.2, 0.25) is 5.02 Å². The molecule has 132 valence electrons. The lowest BCUT2D eigenvalue weighted by atomic mass is 10.2. The molecule has 0 spiro atoms. The minimum atomic E-state index is -4.59. The molecule has 0 amide bonds. The molecule has 2 aromatic rings. The standard InChI is InChI=1S/C13H12ClF3N2O4S/c1-19-12(24(3,20)21)10(14)11(18-19)23-7-4-5-8(13(15,16)17)9(6-7)22-2/h4-6H,1-3H3. The Kier molecular flexibility index (Phi) is 4.73. The van der Waals surface area contributed by atoms with Crippen LogP contribution in [-0.4, -0.2) is 31.6 Å². The Morgan fingerprint density at radius 2 is 1.92 bits per heavy atom. The van der Waals surface area contributed by atoms with Crippen LogP contribution in [0.5, 0.6) is 17.4 Å². The van der Waals surface area contributed by atoms with Gasteiger partial charge in [-0.2, -0.15) is 13.2 Å². The third kappa shape index (κ3) is 3.59. The van der Waals surface area contributed by atoms with E-state index < -0.39 is 27.3 Å². The highest BCUT2D eigenvalue weighted by atomic mass is 35.5. The summed E-state index contributed by atoms with van der Waals surface area (Å²) in [7, 11) is -1.22. The number of ether oxygens (including phenoxy) is 2. The topological polar surface area (TPSA) is 70.4 Å². The van der Waals surface area contributed by atoms with Crippen molar-refractivity contribution in [2.24, 2.45) is 7.05 Å². The molecule has 2 rings (SSSR count). The minimum absolute atomic E-state index is 0.0418. The fourth-order valence-corrected chi connectivity index (χ4v) is 3.56. The predicted molar refractivity (Wildman–Crippen MR) is 79.4 cm³/mol. The summed E-state index contributed by atoms with van der Waals surface area (Å²) < 4.78 is 72.8. The minimum Gasteiger partial charge on any atom is -0.496 e. The Bertz CT molecular complexity index is 878. The van der Waals surface area contributed by atoms with Gasteiger partial charge in [0, 0.05) is 19.4 Å². The summed E-state index contributed by atoms with van der Waals surface area (Å²) in [5.74, 6) is -0.739. The van der Waals surface area contributed by atoms with Gasteiger partial charge in [-0.3, -0.25) is 4.68 Å². The lowest BCUT2D eigenvalue weighted by Crippen LogP contribution is -2.07. The van der Waals surface area contributed by atoms with Crippen molar-refractivity contribution in [3.8, 4) is 17.4 Å². The first-order valence-corrected chi connectivity index (χ1v) is 8.57. The van der Waals surface area contributed by atoms with Crippen molar-refractivity contribution in [1.29, 1.82) is 0 Å². The molecule has 0 N–H and O–H groups in total. The van der Waals surface area contributed by atoms with E-state index in [0.717, 1.165) is 36.2 Å². The first-order chi connectivity index (χ1) is 10.9. The number of alkyl halides is 3. The summed E-state index contributed by atoms with van der Waals surface area (Å²) in [6.07, 6.45) is -3.64. The van der Waals surface area contributed by atoms with Gasteiger partial charge < -0.3 is 9.47 Å². The third-order valence-corrected chi connectivity index (χ3v) is 4.58. The molecule has 24 heavy (non-hydrogen) atoms. The summed E-state index contributed by atoms with van der Waals surface area (Å²) in [5.41, 5.74) is -0.971. The number of benzene rings is 1. The summed E-state index contributed by atoms with van der Waals surface area (Å²) >= 11 is 5.94. The monoisotopic (exact) mass is 384 g/mol. The molecule has 1 aromatic heterocycles. The zero-order valence-corrected chi connectivity index (χ0v) is 14.3. The molecule has 0 bridgehead atoms. The average molecular weight is 385 g/mol. The highest BCUT2D eigenvalue weighted by Gasteiger charge is 2.34. The molecular weight excluding hydrogens is 373 g/mol. The molecule has 0 aliphatic rings. The largest absolute Gasteiger partial charge is 0.496 e. The predicted octanol–water partition coefficient (Wildman–Crippen LogP) is 3.30. The van der Waals surface area contributed by atoms with Crippen LogP contribution in [0.1, 0.15) is 5.56 Å². The molecule has 11 heteroatoms. The zero-order chi connectivity index (χ0) is 18.3. The second-order valence-corrected chi connectivity index (χ2v) is 7.09. The molecule has 6 nitrogen and oxygen atoms in total. The molecule has 0 atom stereocenters. The number of hydrogen-bond acceptors (Lipinski definition) is 5. The molecule has 0 unspecified atom stereocenters. The van der Waals surface area contributed by atoms with Crippen LogP contribution in [0.15, 0.2) is 23.2 Å². The van der Waals surface area contributed by atoms with Gasteiger partial charge in [-0.05, 0) is 12.1 Å². The van der Waals surface area contributed by atoms with E-state index in [0.29, 0.717) is 0 Å². The SMILES string of the molecule is COc1cc(Oc2nn(C)c(S(C)(=O)=O)c2Cl)ccc1C(F)(F)F. The Morgan fingerprint density at radius 1 is 1.29 bits per heavy atom. The average Bonchev–Trinajstić information content (AvgIpc) is 2.71. The van der Waals surface area contributed by atoms with Crippen LogP contribution < -0.4 is 9.47 Å². The van der Waals surface area contributed by atoms with Gasteiger partial charge in [-0.1, -0.05) is 11.6 Å². The van der Waals surface area contributed by atoms with Crippen LogP contribution in [-0.2, 0) is 23.1 Å². The van der Waals surface area contributed by atoms with Gasteiger partial charge in [-0.25, -0.2) is 8.42 Å². The molecule has 0 aliphatic heterocycles. The van der Waals surface area contributed by atoms with E-state index >= 15 is 0 Å².